The highest BCUT2D eigenvalue weighted by atomic mass is 16.6. The van der Waals surface area contributed by atoms with E-state index >= 15 is 0 Å². The maximum atomic E-state index is 11.7. The minimum absolute atomic E-state index is 0.112. The van der Waals surface area contributed by atoms with E-state index in [9.17, 15) is 4.79 Å². The van der Waals surface area contributed by atoms with Gasteiger partial charge in [-0.15, -0.1) is 0 Å². The first-order chi connectivity index (χ1) is 10.3. The second kappa shape index (κ2) is 6.80. The van der Waals surface area contributed by atoms with Crippen molar-refractivity contribution in [2.45, 2.75) is 31.7 Å². The van der Waals surface area contributed by atoms with E-state index in [4.69, 9.17) is 9.47 Å². The third-order valence-electron chi connectivity index (χ3n) is 3.70. The van der Waals surface area contributed by atoms with Gasteiger partial charge in [0.25, 0.3) is 0 Å². The smallest absolute Gasteiger partial charge is 0.221 e. The number of fused-ring (bicyclic) bond motifs is 1. The van der Waals surface area contributed by atoms with Gasteiger partial charge in [0.2, 0.25) is 5.91 Å². The van der Waals surface area contributed by atoms with E-state index in [1.165, 1.54) is 12.8 Å². The van der Waals surface area contributed by atoms with Gasteiger partial charge in [0.05, 0.1) is 0 Å². The first kappa shape index (κ1) is 14.2. The maximum Gasteiger partial charge on any atom is 0.221 e. The number of ether oxygens (including phenoxy) is 2. The van der Waals surface area contributed by atoms with Crippen LogP contribution in [-0.4, -0.2) is 38.3 Å². The van der Waals surface area contributed by atoms with Gasteiger partial charge in [-0.3, -0.25) is 4.79 Å². The van der Waals surface area contributed by atoms with E-state index in [0.29, 0.717) is 32.2 Å². The Hall–Kier alpha value is -1.75. The predicted octanol–water partition coefficient (Wildman–Crippen LogP) is 1.26. The Morgan fingerprint density at radius 3 is 2.76 bits per heavy atom. The Labute approximate surface area is 125 Å². The summed E-state index contributed by atoms with van der Waals surface area (Å²) >= 11 is 0. The van der Waals surface area contributed by atoms with Crippen LogP contribution in [-0.2, 0) is 11.2 Å². The number of carbonyl (C=O) groups excluding carboxylic acids is 1. The first-order valence-corrected chi connectivity index (χ1v) is 7.70. The highest BCUT2D eigenvalue weighted by molar-refractivity contribution is 5.76. The van der Waals surface area contributed by atoms with Crippen LogP contribution in [0.1, 0.15) is 24.8 Å². The van der Waals surface area contributed by atoms with Crippen molar-refractivity contribution in [1.82, 2.24) is 10.6 Å². The molecule has 0 aromatic heterocycles. The minimum atomic E-state index is 0.112. The molecule has 2 aliphatic rings. The summed E-state index contributed by atoms with van der Waals surface area (Å²) in [5.74, 6) is 1.72. The van der Waals surface area contributed by atoms with Gasteiger partial charge in [-0.05, 0) is 37.0 Å². The Morgan fingerprint density at radius 2 is 1.95 bits per heavy atom. The molecule has 0 saturated heterocycles. The molecule has 1 fully saturated rings. The predicted molar refractivity (Wildman–Crippen MR) is 79.8 cm³/mol. The van der Waals surface area contributed by atoms with Gasteiger partial charge < -0.3 is 20.1 Å². The van der Waals surface area contributed by atoms with Crippen molar-refractivity contribution >= 4 is 5.91 Å². The van der Waals surface area contributed by atoms with E-state index < -0.39 is 0 Å². The van der Waals surface area contributed by atoms with Crippen LogP contribution in [0, 0.1) is 0 Å². The lowest BCUT2D eigenvalue weighted by Crippen LogP contribution is -2.29. The molecule has 0 atom stereocenters. The summed E-state index contributed by atoms with van der Waals surface area (Å²) in [4.78, 5) is 11.7. The van der Waals surface area contributed by atoms with Gasteiger partial charge in [-0.25, -0.2) is 0 Å². The van der Waals surface area contributed by atoms with E-state index in [-0.39, 0.29) is 5.91 Å². The van der Waals surface area contributed by atoms with Crippen molar-refractivity contribution in [1.29, 1.82) is 0 Å². The van der Waals surface area contributed by atoms with Crippen molar-refractivity contribution in [3.8, 4) is 11.5 Å². The van der Waals surface area contributed by atoms with Crippen LogP contribution in [0.4, 0.5) is 0 Å². The van der Waals surface area contributed by atoms with E-state index in [2.05, 4.69) is 10.6 Å². The number of hydrogen-bond acceptors (Lipinski definition) is 4. The molecule has 21 heavy (non-hydrogen) atoms. The molecular weight excluding hydrogens is 268 g/mol. The van der Waals surface area contributed by atoms with Crippen LogP contribution in [0.3, 0.4) is 0 Å². The molecular formula is C16H22N2O3. The molecule has 114 valence electrons. The Kier molecular flexibility index (Phi) is 4.60. The lowest BCUT2D eigenvalue weighted by atomic mass is 10.1. The van der Waals surface area contributed by atoms with E-state index in [1.54, 1.807) is 0 Å². The zero-order valence-electron chi connectivity index (χ0n) is 12.2. The highest BCUT2D eigenvalue weighted by Crippen LogP contribution is 2.30. The lowest BCUT2D eigenvalue weighted by molar-refractivity contribution is -0.120. The summed E-state index contributed by atoms with van der Waals surface area (Å²) < 4.78 is 11.0. The third kappa shape index (κ3) is 4.36. The van der Waals surface area contributed by atoms with Crippen LogP contribution in [0.5, 0.6) is 11.5 Å². The summed E-state index contributed by atoms with van der Waals surface area (Å²) in [7, 11) is 0. The van der Waals surface area contributed by atoms with Crippen LogP contribution in [0.15, 0.2) is 18.2 Å². The van der Waals surface area contributed by atoms with Gasteiger partial charge in [0, 0.05) is 25.6 Å². The normalized spacial score (nSPS) is 16.6. The van der Waals surface area contributed by atoms with Crippen LogP contribution < -0.4 is 20.1 Å². The summed E-state index contributed by atoms with van der Waals surface area (Å²) in [6.45, 7) is 2.64. The number of nitrogens with one attached hydrogen (secondary N) is 2. The van der Waals surface area contributed by atoms with E-state index in [0.717, 1.165) is 30.0 Å². The number of amides is 1. The molecule has 0 spiro atoms. The second-order valence-corrected chi connectivity index (χ2v) is 5.56. The van der Waals surface area contributed by atoms with Crippen LogP contribution >= 0.6 is 0 Å². The fraction of sp³-hybridized carbons (Fsp3) is 0.562. The summed E-state index contributed by atoms with van der Waals surface area (Å²) in [5, 5.41) is 6.29. The number of benzene rings is 1. The van der Waals surface area contributed by atoms with Gasteiger partial charge in [-0.1, -0.05) is 6.07 Å². The molecule has 1 aromatic rings. The molecule has 0 radical (unpaired) electrons. The standard InChI is InChI=1S/C16H22N2O3/c19-16(6-8-17-13-2-3-13)18-7-5-12-1-4-14-15(11-12)21-10-9-20-14/h1,4,11,13,17H,2-3,5-10H2,(H,18,19). The fourth-order valence-electron chi connectivity index (χ4n) is 2.36. The Bertz CT molecular complexity index is 500. The monoisotopic (exact) mass is 290 g/mol. The van der Waals surface area contributed by atoms with Crippen molar-refractivity contribution in [2.24, 2.45) is 0 Å². The number of hydrogen-bond donors (Lipinski definition) is 2. The molecule has 1 aliphatic carbocycles. The van der Waals surface area contributed by atoms with Crippen molar-refractivity contribution in [3.05, 3.63) is 23.8 Å². The molecule has 0 unspecified atom stereocenters. The average molecular weight is 290 g/mol. The molecule has 5 nitrogen and oxygen atoms in total. The minimum Gasteiger partial charge on any atom is -0.486 e. The maximum absolute atomic E-state index is 11.7. The molecule has 0 bridgehead atoms. The summed E-state index contributed by atoms with van der Waals surface area (Å²) in [6, 6.07) is 6.62. The summed E-state index contributed by atoms with van der Waals surface area (Å²) in [6.07, 6.45) is 3.87. The van der Waals surface area contributed by atoms with Gasteiger partial charge in [0.15, 0.2) is 11.5 Å². The molecule has 5 heteroatoms. The highest BCUT2D eigenvalue weighted by Gasteiger charge is 2.20. The molecule has 1 amide bonds. The molecule has 1 saturated carbocycles. The zero-order valence-corrected chi connectivity index (χ0v) is 12.2. The Morgan fingerprint density at radius 1 is 1.14 bits per heavy atom. The first-order valence-electron chi connectivity index (χ1n) is 7.70. The third-order valence-corrected chi connectivity index (χ3v) is 3.70. The average Bonchev–Trinajstić information content (AvgIpc) is 3.31. The van der Waals surface area contributed by atoms with Crippen molar-refractivity contribution in [2.75, 3.05) is 26.3 Å². The van der Waals surface area contributed by atoms with Gasteiger partial charge >= 0.3 is 0 Å². The zero-order chi connectivity index (χ0) is 14.5. The number of carbonyl (C=O) groups is 1. The molecule has 1 aromatic carbocycles. The molecule has 2 N–H and O–H groups in total. The van der Waals surface area contributed by atoms with Gasteiger partial charge in [-0.2, -0.15) is 0 Å². The van der Waals surface area contributed by atoms with Crippen LogP contribution in [0.2, 0.25) is 0 Å². The number of rotatable bonds is 7. The lowest BCUT2D eigenvalue weighted by Gasteiger charge is -2.18. The van der Waals surface area contributed by atoms with Gasteiger partial charge in [0.1, 0.15) is 13.2 Å². The molecule has 1 aliphatic heterocycles. The second-order valence-electron chi connectivity index (χ2n) is 5.56. The summed E-state index contributed by atoms with van der Waals surface area (Å²) in [5.41, 5.74) is 1.15. The topological polar surface area (TPSA) is 59.6 Å². The van der Waals surface area contributed by atoms with Crippen molar-refractivity contribution in [3.63, 3.8) is 0 Å². The Balaban J connectivity index is 1.37. The SMILES string of the molecule is O=C(CCNC1CC1)NCCc1ccc2c(c1)OCCO2. The molecule has 1 heterocycles. The van der Waals surface area contributed by atoms with Crippen LogP contribution in [0.25, 0.3) is 0 Å². The fourth-order valence-corrected chi connectivity index (χ4v) is 2.36. The van der Waals surface area contributed by atoms with E-state index in [1.807, 2.05) is 18.2 Å². The quantitative estimate of drug-likeness (QED) is 0.794. The molecule has 3 rings (SSSR count). The largest absolute Gasteiger partial charge is 0.486 e. The van der Waals surface area contributed by atoms with Crippen molar-refractivity contribution < 1.29 is 14.3 Å².